The highest BCUT2D eigenvalue weighted by molar-refractivity contribution is 5.82. The zero-order valence-corrected chi connectivity index (χ0v) is 15.9. The van der Waals surface area contributed by atoms with Crippen LogP contribution in [0.2, 0.25) is 0 Å². The number of phenolic OH excluding ortho intramolecular Hbond substituents is 2. The lowest BCUT2D eigenvalue weighted by Gasteiger charge is -2.33. The number of fused-ring (bicyclic) bond motifs is 1. The molecule has 0 unspecified atom stereocenters. The van der Waals surface area contributed by atoms with E-state index in [9.17, 15) is 23.8 Å². The molecule has 3 aromatic rings. The van der Waals surface area contributed by atoms with Gasteiger partial charge in [-0.2, -0.15) is 0 Å². The molecule has 30 heavy (non-hydrogen) atoms. The molecule has 1 heterocycles. The standard InChI is InChI=1S/C23H20F2N2O3/c24-16-5-1-13(2-6-16)12-26-23(30)19-9-15-10-20(28)21(29)11-18(15)22(27-19)14-3-7-17(25)8-4-14/h1-8,10-11,19,22,27-29H,9,12H2,(H,26,30)/t19-,22+/m0/s1. The molecule has 0 fully saturated rings. The van der Waals surface area contributed by atoms with E-state index in [1.165, 1.54) is 36.4 Å². The third-order valence-electron chi connectivity index (χ3n) is 5.24. The lowest BCUT2D eigenvalue weighted by Crippen LogP contribution is -2.49. The normalized spacial score (nSPS) is 17.9. The number of nitrogens with one attached hydrogen (secondary N) is 2. The molecule has 4 N–H and O–H groups in total. The van der Waals surface area contributed by atoms with Crippen molar-refractivity contribution in [3.63, 3.8) is 0 Å². The van der Waals surface area contributed by atoms with Gasteiger partial charge in [-0.05, 0) is 65.1 Å². The predicted octanol–water partition coefficient (Wildman–Crippen LogP) is 3.30. The van der Waals surface area contributed by atoms with E-state index < -0.39 is 12.1 Å². The first kappa shape index (κ1) is 19.8. The fraction of sp³-hybridized carbons (Fsp3) is 0.174. The number of carbonyl (C=O) groups excluding carboxylic acids is 1. The van der Waals surface area contributed by atoms with E-state index in [4.69, 9.17) is 0 Å². The molecule has 0 saturated carbocycles. The zero-order chi connectivity index (χ0) is 21.3. The molecule has 2 atom stereocenters. The topological polar surface area (TPSA) is 81.6 Å². The average Bonchev–Trinajstić information content (AvgIpc) is 2.74. The number of hydrogen-bond donors (Lipinski definition) is 4. The van der Waals surface area contributed by atoms with Crippen molar-refractivity contribution < 1.29 is 23.8 Å². The molecule has 5 nitrogen and oxygen atoms in total. The highest BCUT2D eigenvalue weighted by Gasteiger charge is 2.32. The molecule has 0 aromatic heterocycles. The van der Waals surface area contributed by atoms with Crippen molar-refractivity contribution in [2.75, 3.05) is 0 Å². The summed E-state index contributed by atoms with van der Waals surface area (Å²) in [7, 11) is 0. The van der Waals surface area contributed by atoms with E-state index >= 15 is 0 Å². The SMILES string of the molecule is O=C(NCc1ccc(F)cc1)[C@@H]1Cc2cc(O)c(O)cc2[C@@H](c2ccc(F)cc2)N1. The van der Waals surface area contributed by atoms with E-state index in [0.29, 0.717) is 17.5 Å². The molecule has 3 aromatic carbocycles. The Bertz CT molecular complexity index is 1070. The van der Waals surface area contributed by atoms with Crippen LogP contribution in [0.5, 0.6) is 11.5 Å². The van der Waals surface area contributed by atoms with Gasteiger partial charge in [-0.15, -0.1) is 0 Å². The predicted molar refractivity (Wildman–Crippen MR) is 107 cm³/mol. The quantitative estimate of drug-likeness (QED) is 0.498. The van der Waals surface area contributed by atoms with Crippen LogP contribution < -0.4 is 10.6 Å². The van der Waals surface area contributed by atoms with Gasteiger partial charge in [-0.3, -0.25) is 10.1 Å². The number of aromatic hydroxyl groups is 2. The Balaban J connectivity index is 1.58. The summed E-state index contributed by atoms with van der Waals surface area (Å²) in [5.41, 5.74) is 2.90. The van der Waals surface area contributed by atoms with Gasteiger partial charge >= 0.3 is 0 Å². The number of halogens is 2. The summed E-state index contributed by atoms with van der Waals surface area (Å²) in [6.07, 6.45) is 0.302. The van der Waals surface area contributed by atoms with Gasteiger partial charge in [0.1, 0.15) is 11.6 Å². The second kappa shape index (κ2) is 8.12. The Morgan fingerprint density at radius 1 is 0.967 bits per heavy atom. The molecule has 1 aliphatic heterocycles. The second-order valence-corrected chi connectivity index (χ2v) is 7.29. The minimum Gasteiger partial charge on any atom is -0.504 e. The van der Waals surface area contributed by atoms with E-state index in [2.05, 4.69) is 10.6 Å². The van der Waals surface area contributed by atoms with Crippen LogP contribution in [0, 0.1) is 11.6 Å². The van der Waals surface area contributed by atoms with Gasteiger partial charge in [-0.1, -0.05) is 24.3 Å². The van der Waals surface area contributed by atoms with Gasteiger partial charge in [0.05, 0.1) is 12.1 Å². The first-order valence-electron chi connectivity index (χ1n) is 9.49. The van der Waals surface area contributed by atoms with Crippen molar-refractivity contribution in [3.8, 4) is 11.5 Å². The van der Waals surface area contributed by atoms with Crippen LogP contribution >= 0.6 is 0 Å². The lowest BCUT2D eigenvalue weighted by molar-refractivity contribution is -0.123. The lowest BCUT2D eigenvalue weighted by atomic mass is 9.86. The summed E-state index contributed by atoms with van der Waals surface area (Å²) in [5, 5.41) is 25.9. The van der Waals surface area contributed by atoms with Gasteiger partial charge in [0.2, 0.25) is 5.91 Å². The van der Waals surface area contributed by atoms with Gasteiger partial charge in [-0.25, -0.2) is 8.78 Å². The largest absolute Gasteiger partial charge is 0.504 e. The van der Waals surface area contributed by atoms with Crippen LogP contribution in [0.1, 0.15) is 28.3 Å². The summed E-state index contributed by atoms with van der Waals surface area (Å²) < 4.78 is 26.4. The Kier molecular flexibility index (Phi) is 5.37. The maximum Gasteiger partial charge on any atom is 0.237 e. The van der Waals surface area contributed by atoms with Gasteiger partial charge in [0.25, 0.3) is 0 Å². The monoisotopic (exact) mass is 410 g/mol. The highest BCUT2D eigenvalue weighted by Crippen LogP contribution is 2.37. The Labute approximate surface area is 172 Å². The summed E-state index contributed by atoms with van der Waals surface area (Å²) >= 11 is 0. The molecule has 0 saturated heterocycles. The molecule has 1 aliphatic rings. The molecule has 0 radical (unpaired) electrons. The summed E-state index contributed by atoms with van der Waals surface area (Å²) in [4.78, 5) is 12.8. The minimum absolute atomic E-state index is 0.242. The highest BCUT2D eigenvalue weighted by atomic mass is 19.1. The molecular weight excluding hydrogens is 390 g/mol. The fourth-order valence-corrected chi connectivity index (χ4v) is 3.67. The van der Waals surface area contributed by atoms with E-state index in [1.807, 2.05) is 0 Å². The van der Waals surface area contributed by atoms with Crippen molar-refractivity contribution >= 4 is 5.91 Å². The number of phenols is 2. The van der Waals surface area contributed by atoms with Crippen LogP contribution in [0.3, 0.4) is 0 Å². The maximum absolute atomic E-state index is 13.4. The van der Waals surface area contributed by atoms with Crippen LogP contribution in [0.25, 0.3) is 0 Å². The number of carbonyl (C=O) groups is 1. The van der Waals surface area contributed by atoms with Gasteiger partial charge in [0, 0.05) is 6.54 Å². The van der Waals surface area contributed by atoms with Crippen molar-refractivity contribution in [2.45, 2.75) is 25.0 Å². The zero-order valence-electron chi connectivity index (χ0n) is 15.9. The fourth-order valence-electron chi connectivity index (χ4n) is 3.67. The molecule has 0 spiro atoms. The number of rotatable bonds is 4. The average molecular weight is 410 g/mol. The maximum atomic E-state index is 13.4. The Morgan fingerprint density at radius 3 is 2.23 bits per heavy atom. The molecule has 154 valence electrons. The molecule has 7 heteroatoms. The van der Waals surface area contributed by atoms with Crippen molar-refractivity contribution in [1.29, 1.82) is 0 Å². The molecule has 0 aliphatic carbocycles. The van der Waals surface area contributed by atoms with Crippen LogP contribution in [0.4, 0.5) is 8.78 Å². The smallest absolute Gasteiger partial charge is 0.237 e. The summed E-state index contributed by atoms with van der Waals surface area (Å²) in [6, 6.07) is 13.6. The number of hydrogen-bond acceptors (Lipinski definition) is 4. The Hall–Kier alpha value is -3.45. The Morgan fingerprint density at radius 2 is 1.57 bits per heavy atom. The third kappa shape index (κ3) is 4.11. The van der Waals surface area contributed by atoms with Crippen molar-refractivity contribution in [2.24, 2.45) is 0 Å². The van der Waals surface area contributed by atoms with Crippen molar-refractivity contribution in [3.05, 3.63) is 94.6 Å². The van der Waals surface area contributed by atoms with Crippen LogP contribution in [-0.4, -0.2) is 22.2 Å². The third-order valence-corrected chi connectivity index (χ3v) is 5.24. The van der Waals surface area contributed by atoms with Gasteiger partial charge < -0.3 is 15.5 Å². The second-order valence-electron chi connectivity index (χ2n) is 7.29. The molecule has 4 rings (SSSR count). The number of benzene rings is 3. The molecule has 1 amide bonds. The molecular formula is C23H20F2N2O3. The minimum atomic E-state index is -0.614. The summed E-state index contributed by atoms with van der Waals surface area (Å²) in [5.74, 6) is -1.51. The summed E-state index contributed by atoms with van der Waals surface area (Å²) in [6.45, 7) is 0.242. The number of amides is 1. The van der Waals surface area contributed by atoms with E-state index in [0.717, 1.165) is 11.1 Å². The van der Waals surface area contributed by atoms with E-state index in [-0.39, 0.29) is 35.6 Å². The van der Waals surface area contributed by atoms with E-state index in [1.54, 1.807) is 24.3 Å². The van der Waals surface area contributed by atoms with Crippen LogP contribution in [-0.2, 0) is 17.8 Å². The van der Waals surface area contributed by atoms with Gasteiger partial charge in [0.15, 0.2) is 11.5 Å². The van der Waals surface area contributed by atoms with Crippen LogP contribution in [0.15, 0.2) is 60.7 Å². The first-order valence-corrected chi connectivity index (χ1v) is 9.49. The molecule has 0 bridgehead atoms. The van der Waals surface area contributed by atoms with Crippen molar-refractivity contribution in [1.82, 2.24) is 10.6 Å². The first-order chi connectivity index (χ1) is 14.4.